The van der Waals surface area contributed by atoms with Gasteiger partial charge in [0.25, 0.3) is 5.91 Å². The number of carbonyl (C=O) groups excluding carboxylic acids is 1. The molecule has 108 valence electrons. The second kappa shape index (κ2) is 5.30. The van der Waals surface area contributed by atoms with Gasteiger partial charge in [-0.05, 0) is 37.5 Å². The number of benzene rings is 1. The number of aliphatic hydroxyl groups is 2. The summed E-state index contributed by atoms with van der Waals surface area (Å²) >= 11 is 0. The smallest absolute Gasteiger partial charge is 0.251 e. The summed E-state index contributed by atoms with van der Waals surface area (Å²) in [5, 5.41) is 22.3. The number of ether oxygens (including phenoxy) is 2. The zero-order valence-electron chi connectivity index (χ0n) is 10.9. The zero-order valence-corrected chi connectivity index (χ0v) is 10.9. The van der Waals surface area contributed by atoms with Crippen molar-refractivity contribution in [3.8, 4) is 11.5 Å². The molecular weight excluding hydrogens is 262 g/mol. The van der Waals surface area contributed by atoms with Gasteiger partial charge in [-0.15, -0.1) is 0 Å². The third-order valence-electron chi connectivity index (χ3n) is 3.77. The first-order valence-electron chi connectivity index (χ1n) is 6.72. The van der Waals surface area contributed by atoms with Crippen LogP contribution in [-0.2, 0) is 0 Å². The van der Waals surface area contributed by atoms with E-state index in [0.29, 0.717) is 29.9 Å². The molecule has 0 spiro atoms. The molecule has 0 radical (unpaired) electrons. The van der Waals surface area contributed by atoms with Gasteiger partial charge in [-0.25, -0.2) is 0 Å². The van der Waals surface area contributed by atoms with E-state index in [9.17, 15) is 15.0 Å². The van der Waals surface area contributed by atoms with Crippen LogP contribution in [0.4, 0.5) is 0 Å². The molecule has 3 atom stereocenters. The second-order valence-electron chi connectivity index (χ2n) is 5.14. The van der Waals surface area contributed by atoms with E-state index in [0.717, 1.165) is 6.42 Å². The Morgan fingerprint density at radius 2 is 2.00 bits per heavy atom. The Balaban J connectivity index is 1.70. The highest BCUT2D eigenvalue weighted by Gasteiger charge is 2.31. The molecule has 1 saturated carbocycles. The zero-order chi connectivity index (χ0) is 14.1. The fourth-order valence-corrected chi connectivity index (χ4v) is 2.60. The van der Waals surface area contributed by atoms with Crippen molar-refractivity contribution in [1.29, 1.82) is 0 Å². The lowest BCUT2D eigenvalue weighted by Gasteiger charge is -2.32. The minimum atomic E-state index is -0.915. The summed E-state index contributed by atoms with van der Waals surface area (Å²) in [6, 6.07) is 4.53. The van der Waals surface area contributed by atoms with Gasteiger partial charge in [-0.3, -0.25) is 4.79 Å². The molecule has 1 heterocycles. The summed E-state index contributed by atoms with van der Waals surface area (Å²) in [6.07, 6.45) is 0.323. The van der Waals surface area contributed by atoms with Gasteiger partial charge in [0.15, 0.2) is 11.5 Å². The largest absolute Gasteiger partial charge is 0.454 e. The minimum absolute atomic E-state index is 0.161. The van der Waals surface area contributed by atoms with Gasteiger partial charge < -0.3 is 25.0 Å². The Bertz CT molecular complexity index is 518. The van der Waals surface area contributed by atoms with Gasteiger partial charge in [0.2, 0.25) is 6.79 Å². The predicted molar refractivity (Wildman–Crippen MR) is 69.7 cm³/mol. The topological polar surface area (TPSA) is 88.0 Å². The molecule has 1 fully saturated rings. The van der Waals surface area contributed by atoms with Crippen LogP contribution in [0.25, 0.3) is 0 Å². The van der Waals surface area contributed by atoms with Crippen molar-refractivity contribution >= 4 is 5.91 Å². The predicted octanol–water partition coefficient (Wildman–Crippen LogP) is 0.419. The van der Waals surface area contributed by atoms with Crippen LogP contribution >= 0.6 is 0 Å². The average Bonchev–Trinajstić information content (AvgIpc) is 2.91. The maximum Gasteiger partial charge on any atom is 0.251 e. The van der Waals surface area contributed by atoms with Gasteiger partial charge in [0.05, 0.1) is 18.2 Å². The molecule has 3 N–H and O–H groups in total. The SMILES string of the molecule is O=C(N[C@@H]1CCC[C@@H](O)[C@@H]1O)c1ccc2c(c1)OCO2. The molecule has 2 aliphatic rings. The summed E-state index contributed by atoms with van der Waals surface area (Å²) in [4.78, 5) is 12.2. The van der Waals surface area contributed by atoms with E-state index in [2.05, 4.69) is 5.32 Å². The molecule has 1 aliphatic heterocycles. The number of hydrogen-bond donors (Lipinski definition) is 3. The monoisotopic (exact) mass is 279 g/mol. The van der Waals surface area contributed by atoms with Crippen molar-refractivity contribution in [3.63, 3.8) is 0 Å². The Kier molecular flexibility index (Phi) is 3.50. The van der Waals surface area contributed by atoms with E-state index >= 15 is 0 Å². The van der Waals surface area contributed by atoms with E-state index < -0.39 is 18.2 Å². The summed E-state index contributed by atoms with van der Waals surface area (Å²) in [7, 11) is 0. The molecule has 1 aromatic carbocycles. The summed E-state index contributed by atoms with van der Waals surface area (Å²) < 4.78 is 10.4. The Labute approximate surface area is 116 Å². The van der Waals surface area contributed by atoms with E-state index in [-0.39, 0.29) is 12.7 Å². The van der Waals surface area contributed by atoms with E-state index in [1.807, 2.05) is 0 Å². The van der Waals surface area contributed by atoms with Gasteiger partial charge in [0, 0.05) is 5.56 Å². The number of hydrogen-bond acceptors (Lipinski definition) is 5. The van der Waals surface area contributed by atoms with Crippen LogP contribution in [-0.4, -0.2) is 41.2 Å². The van der Waals surface area contributed by atoms with Crippen LogP contribution in [0.1, 0.15) is 29.6 Å². The maximum absolute atomic E-state index is 12.2. The highest BCUT2D eigenvalue weighted by molar-refractivity contribution is 5.95. The van der Waals surface area contributed by atoms with Crippen molar-refractivity contribution < 1.29 is 24.5 Å². The van der Waals surface area contributed by atoms with Crippen molar-refractivity contribution in [3.05, 3.63) is 23.8 Å². The Morgan fingerprint density at radius 1 is 1.20 bits per heavy atom. The van der Waals surface area contributed by atoms with Gasteiger partial charge in [-0.1, -0.05) is 0 Å². The third kappa shape index (κ3) is 2.44. The van der Waals surface area contributed by atoms with Crippen molar-refractivity contribution in [2.24, 2.45) is 0 Å². The van der Waals surface area contributed by atoms with E-state index in [1.165, 1.54) is 0 Å². The number of aliphatic hydroxyl groups excluding tert-OH is 2. The molecule has 1 aliphatic carbocycles. The molecule has 6 heteroatoms. The third-order valence-corrected chi connectivity index (χ3v) is 3.77. The van der Waals surface area contributed by atoms with Gasteiger partial charge >= 0.3 is 0 Å². The fraction of sp³-hybridized carbons (Fsp3) is 0.500. The lowest BCUT2D eigenvalue weighted by molar-refractivity contribution is -0.0278. The lowest BCUT2D eigenvalue weighted by Crippen LogP contribution is -2.51. The van der Waals surface area contributed by atoms with E-state index in [1.54, 1.807) is 18.2 Å². The number of amides is 1. The lowest BCUT2D eigenvalue weighted by atomic mass is 9.90. The molecule has 0 bridgehead atoms. The molecule has 1 amide bonds. The summed E-state index contributed by atoms with van der Waals surface area (Å²) in [5.74, 6) is 0.873. The molecular formula is C14H17NO5. The first-order chi connectivity index (χ1) is 9.65. The normalized spacial score (nSPS) is 28.2. The average molecular weight is 279 g/mol. The molecule has 3 rings (SSSR count). The van der Waals surface area contributed by atoms with Crippen LogP contribution < -0.4 is 14.8 Å². The molecule has 0 unspecified atom stereocenters. The number of rotatable bonds is 2. The molecule has 6 nitrogen and oxygen atoms in total. The van der Waals surface area contributed by atoms with Crippen molar-refractivity contribution in [2.45, 2.75) is 37.5 Å². The van der Waals surface area contributed by atoms with Crippen LogP contribution in [0.15, 0.2) is 18.2 Å². The molecule has 0 saturated heterocycles. The number of nitrogens with one attached hydrogen (secondary N) is 1. The standard InChI is InChI=1S/C14H17NO5/c16-10-3-1-2-9(13(10)17)15-14(18)8-4-5-11-12(6-8)20-7-19-11/h4-6,9-10,13,16-17H,1-3,7H2,(H,15,18)/t9-,10-,13-/m1/s1. The van der Waals surface area contributed by atoms with Crippen LogP contribution in [0.2, 0.25) is 0 Å². The molecule has 0 aromatic heterocycles. The first-order valence-corrected chi connectivity index (χ1v) is 6.72. The van der Waals surface area contributed by atoms with Crippen LogP contribution in [0, 0.1) is 0 Å². The first kappa shape index (κ1) is 13.2. The van der Waals surface area contributed by atoms with Crippen molar-refractivity contribution in [1.82, 2.24) is 5.32 Å². The van der Waals surface area contributed by atoms with Crippen LogP contribution in [0.3, 0.4) is 0 Å². The quantitative estimate of drug-likeness (QED) is 0.730. The number of carbonyl (C=O) groups is 1. The highest BCUT2D eigenvalue weighted by atomic mass is 16.7. The van der Waals surface area contributed by atoms with E-state index in [4.69, 9.17) is 9.47 Å². The maximum atomic E-state index is 12.2. The highest BCUT2D eigenvalue weighted by Crippen LogP contribution is 2.32. The Morgan fingerprint density at radius 3 is 2.85 bits per heavy atom. The molecule has 1 aromatic rings. The molecule has 20 heavy (non-hydrogen) atoms. The van der Waals surface area contributed by atoms with Crippen LogP contribution in [0.5, 0.6) is 11.5 Å². The minimum Gasteiger partial charge on any atom is -0.454 e. The van der Waals surface area contributed by atoms with Gasteiger partial charge in [0.1, 0.15) is 0 Å². The Hall–Kier alpha value is -1.79. The summed E-state index contributed by atoms with van der Waals surface area (Å²) in [6.45, 7) is 0.161. The second-order valence-corrected chi connectivity index (χ2v) is 5.14. The van der Waals surface area contributed by atoms with Crippen molar-refractivity contribution in [2.75, 3.05) is 6.79 Å². The van der Waals surface area contributed by atoms with Gasteiger partial charge in [-0.2, -0.15) is 0 Å². The fourth-order valence-electron chi connectivity index (χ4n) is 2.60. The summed E-state index contributed by atoms with van der Waals surface area (Å²) in [5.41, 5.74) is 0.446. The number of fused-ring (bicyclic) bond motifs is 1.